The number of amides is 1. The maximum Gasteiger partial charge on any atom is 0.244 e. The molecular weight excluding hydrogens is 364 g/mol. The summed E-state index contributed by atoms with van der Waals surface area (Å²) in [5.41, 5.74) is 0.808. The molecule has 0 aliphatic heterocycles. The van der Waals surface area contributed by atoms with Gasteiger partial charge in [-0.3, -0.25) is 9.78 Å². The van der Waals surface area contributed by atoms with Crippen molar-refractivity contribution in [3.05, 3.63) is 89.9 Å². The van der Waals surface area contributed by atoms with Gasteiger partial charge in [0.2, 0.25) is 11.8 Å². The molecule has 7 heteroatoms. The molecule has 1 heterocycles. The van der Waals surface area contributed by atoms with Crippen LogP contribution in [0.25, 0.3) is 6.08 Å². The topological polar surface area (TPSA) is 64.1 Å². The lowest BCUT2D eigenvalue weighted by atomic mass is 10.1. The van der Waals surface area contributed by atoms with Gasteiger partial charge in [-0.2, -0.15) is 0 Å². The van der Waals surface area contributed by atoms with E-state index in [2.05, 4.69) is 15.3 Å². The molecule has 5 nitrogen and oxygen atoms in total. The molecule has 3 rings (SSSR count). The van der Waals surface area contributed by atoms with Gasteiger partial charge >= 0.3 is 0 Å². The van der Waals surface area contributed by atoms with Crippen LogP contribution in [0, 0.1) is 11.6 Å². The Balaban J connectivity index is 1.64. The lowest BCUT2D eigenvalue weighted by Gasteiger charge is -2.14. The highest BCUT2D eigenvalue weighted by Gasteiger charge is 2.10. The Bertz CT molecular complexity index is 994. The van der Waals surface area contributed by atoms with E-state index in [0.29, 0.717) is 11.6 Å². The molecule has 0 saturated heterocycles. The van der Waals surface area contributed by atoms with Gasteiger partial charge in [0.15, 0.2) is 11.6 Å². The molecule has 2 aromatic carbocycles. The van der Waals surface area contributed by atoms with Crippen molar-refractivity contribution in [2.45, 2.75) is 13.0 Å². The fourth-order valence-corrected chi connectivity index (χ4v) is 2.47. The van der Waals surface area contributed by atoms with Crippen molar-refractivity contribution >= 4 is 12.0 Å². The predicted molar refractivity (Wildman–Crippen MR) is 100 cm³/mol. The minimum atomic E-state index is -0.992. The molecule has 0 radical (unpaired) electrons. The van der Waals surface area contributed by atoms with E-state index >= 15 is 0 Å². The summed E-state index contributed by atoms with van der Waals surface area (Å²) in [6, 6.07) is 10.6. The summed E-state index contributed by atoms with van der Waals surface area (Å²) in [4.78, 5) is 20.1. The number of aromatic nitrogens is 2. The number of carbonyl (C=O) groups is 1. The van der Waals surface area contributed by atoms with Crippen molar-refractivity contribution in [3.8, 4) is 11.6 Å². The van der Waals surface area contributed by atoms with Crippen molar-refractivity contribution in [2.24, 2.45) is 0 Å². The average molecular weight is 381 g/mol. The van der Waals surface area contributed by atoms with E-state index in [1.54, 1.807) is 31.3 Å². The number of nitrogens with zero attached hydrogens (tertiary/aromatic N) is 2. The minimum absolute atomic E-state index is 0.00201. The monoisotopic (exact) mass is 381 g/mol. The number of benzene rings is 2. The molecule has 0 bridgehead atoms. The largest absolute Gasteiger partial charge is 0.437 e. The molecule has 1 atom stereocenters. The van der Waals surface area contributed by atoms with Crippen LogP contribution in [0.5, 0.6) is 11.6 Å². The number of halogens is 2. The number of hydrogen-bond donors (Lipinski definition) is 1. The van der Waals surface area contributed by atoms with Crippen LogP contribution < -0.4 is 10.1 Å². The molecular formula is C21H17F2N3O2. The van der Waals surface area contributed by atoms with Crippen molar-refractivity contribution in [2.75, 3.05) is 0 Å². The van der Waals surface area contributed by atoms with Crippen LogP contribution in [-0.2, 0) is 4.79 Å². The molecule has 1 unspecified atom stereocenters. The maximum absolute atomic E-state index is 13.6. The van der Waals surface area contributed by atoms with E-state index in [4.69, 9.17) is 4.74 Å². The fraction of sp³-hybridized carbons (Fsp3) is 0.0952. The van der Waals surface area contributed by atoms with Crippen molar-refractivity contribution < 1.29 is 18.3 Å². The van der Waals surface area contributed by atoms with Crippen molar-refractivity contribution in [1.29, 1.82) is 0 Å². The van der Waals surface area contributed by atoms with Crippen LogP contribution in [0.1, 0.15) is 24.1 Å². The maximum atomic E-state index is 13.6. The SMILES string of the molecule is CC(NC(=O)C=Cc1cccc(F)c1F)c1cccc(Oc2cnccn2)c1. The van der Waals surface area contributed by atoms with Crippen molar-refractivity contribution in [3.63, 3.8) is 0 Å². The molecule has 0 spiro atoms. The standard InChI is InChI=1S/C21H17F2N3O2/c1-14(26-19(27)9-8-15-4-3-7-18(22)21(15)23)16-5-2-6-17(12-16)28-20-13-24-10-11-25-20/h2-14H,1H3,(H,26,27). The summed E-state index contributed by atoms with van der Waals surface area (Å²) in [7, 11) is 0. The first-order valence-electron chi connectivity index (χ1n) is 8.49. The molecule has 1 aromatic heterocycles. The van der Waals surface area contributed by atoms with Crippen LogP contribution in [-0.4, -0.2) is 15.9 Å². The van der Waals surface area contributed by atoms with E-state index in [1.807, 2.05) is 6.07 Å². The van der Waals surface area contributed by atoms with Gasteiger partial charge in [-0.05, 0) is 36.8 Å². The van der Waals surface area contributed by atoms with Gasteiger partial charge in [-0.25, -0.2) is 13.8 Å². The van der Waals surface area contributed by atoms with Gasteiger partial charge in [0.05, 0.1) is 12.2 Å². The Labute approximate surface area is 160 Å². The van der Waals surface area contributed by atoms with Gasteiger partial charge in [0.25, 0.3) is 0 Å². The third-order valence-electron chi connectivity index (χ3n) is 3.87. The van der Waals surface area contributed by atoms with Crippen LogP contribution >= 0.6 is 0 Å². The summed E-state index contributed by atoms with van der Waals surface area (Å²) < 4.78 is 32.4. The number of rotatable bonds is 6. The van der Waals surface area contributed by atoms with E-state index in [-0.39, 0.29) is 11.6 Å². The van der Waals surface area contributed by atoms with Crippen molar-refractivity contribution in [1.82, 2.24) is 15.3 Å². The first-order valence-corrected chi connectivity index (χ1v) is 8.49. The molecule has 0 aliphatic carbocycles. The summed E-state index contributed by atoms with van der Waals surface area (Å²) in [6.45, 7) is 1.80. The summed E-state index contributed by atoms with van der Waals surface area (Å²) in [6.07, 6.45) is 6.95. The summed E-state index contributed by atoms with van der Waals surface area (Å²) in [5, 5.41) is 2.77. The molecule has 142 valence electrons. The zero-order chi connectivity index (χ0) is 19.9. The lowest BCUT2D eigenvalue weighted by molar-refractivity contribution is -0.117. The second-order valence-electron chi connectivity index (χ2n) is 5.92. The highest BCUT2D eigenvalue weighted by Crippen LogP contribution is 2.23. The summed E-state index contributed by atoms with van der Waals surface area (Å²) >= 11 is 0. The molecule has 0 aliphatic rings. The summed E-state index contributed by atoms with van der Waals surface area (Å²) in [5.74, 6) is -1.48. The van der Waals surface area contributed by atoms with E-state index < -0.39 is 17.5 Å². The molecule has 0 fully saturated rings. The normalized spacial score (nSPS) is 12.0. The van der Waals surface area contributed by atoms with Crippen LogP contribution in [0.2, 0.25) is 0 Å². The Morgan fingerprint density at radius 1 is 1.18 bits per heavy atom. The van der Waals surface area contributed by atoms with E-state index in [1.165, 1.54) is 30.6 Å². The quantitative estimate of drug-likeness (QED) is 0.641. The molecule has 1 N–H and O–H groups in total. The third kappa shape index (κ3) is 4.97. The lowest BCUT2D eigenvalue weighted by Crippen LogP contribution is -2.24. The number of ether oxygens (including phenoxy) is 1. The van der Waals surface area contributed by atoms with E-state index in [9.17, 15) is 13.6 Å². The smallest absolute Gasteiger partial charge is 0.244 e. The van der Waals surface area contributed by atoms with Gasteiger partial charge in [-0.1, -0.05) is 24.3 Å². The van der Waals surface area contributed by atoms with Gasteiger partial charge in [0.1, 0.15) is 5.75 Å². The Kier molecular flexibility index (Phi) is 6.06. The Hall–Kier alpha value is -3.61. The first kappa shape index (κ1) is 19.2. The number of nitrogens with one attached hydrogen (secondary N) is 1. The minimum Gasteiger partial charge on any atom is -0.437 e. The number of carbonyl (C=O) groups excluding carboxylic acids is 1. The zero-order valence-corrected chi connectivity index (χ0v) is 15.0. The zero-order valence-electron chi connectivity index (χ0n) is 15.0. The molecule has 1 amide bonds. The second kappa shape index (κ2) is 8.85. The van der Waals surface area contributed by atoms with Gasteiger partial charge < -0.3 is 10.1 Å². The highest BCUT2D eigenvalue weighted by molar-refractivity contribution is 5.92. The van der Waals surface area contributed by atoms with Crippen LogP contribution in [0.4, 0.5) is 8.78 Å². The van der Waals surface area contributed by atoms with Crippen LogP contribution in [0.15, 0.2) is 67.1 Å². The Morgan fingerprint density at radius 2 is 2.00 bits per heavy atom. The third-order valence-corrected chi connectivity index (χ3v) is 3.87. The first-order chi connectivity index (χ1) is 13.5. The molecule has 3 aromatic rings. The highest BCUT2D eigenvalue weighted by atomic mass is 19.2. The Morgan fingerprint density at radius 3 is 2.79 bits per heavy atom. The molecule has 28 heavy (non-hydrogen) atoms. The van der Waals surface area contributed by atoms with Crippen LogP contribution in [0.3, 0.4) is 0 Å². The fourth-order valence-electron chi connectivity index (χ4n) is 2.47. The average Bonchev–Trinajstić information content (AvgIpc) is 2.70. The predicted octanol–water partition coefficient (Wildman–Crippen LogP) is 4.44. The van der Waals surface area contributed by atoms with Gasteiger partial charge in [0, 0.05) is 24.0 Å². The number of hydrogen-bond acceptors (Lipinski definition) is 4. The second-order valence-corrected chi connectivity index (χ2v) is 5.92. The molecule has 0 saturated carbocycles. The van der Waals surface area contributed by atoms with E-state index in [0.717, 1.165) is 17.7 Å². The van der Waals surface area contributed by atoms with Gasteiger partial charge in [-0.15, -0.1) is 0 Å².